The van der Waals surface area contributed by atoms with Gasteiger partial charge in [-0.1, -0.05) is 26.0 Å². The van der Waals surface area contributed by atoms with E-state index in [2.05, 4.69) is 36.2 Å². The van der Waals surface area contributed by atoms with E-state index in [0.29, 0.717) is 18.4 Å². The van der Waals surface area contributed by atoms with Crippen molar-refractivity contribution < 1.29 is 4.79 Å². The van der Waals surface area contributed by atoms with Crippen LogP contribution in [0.25, 0.3) is 0 Å². The van der Waals surface area contributed by atoms with Crippen LogP contribution in [0.5, 0.6) is 0 Å². The number of hydrogen-bond donors (Lipinski definition) is 2. The van der Waals surface area contributed by atoms with Gasteiger partial charge in [0.1, 0.15) is 0 Å². The summed E-state index contributed by atoms with van der Waals surface area (Å²) in [6.07, 6.45) is 1.10. The lowest BCUT2D eigenvalue weighted by molar-refractivity contribution is -0.117. The molecule has 2 rings (SSSR count). The average Bonchev–Trinajstić information content (AvgIpc) is 2.86. The Kier molecular flexibility index (Phi) is 7.15. The number of rotatable bonds is 5. The first kappa shape index (κ1) is 18.0. The molecule has 1 amide bonds. The molecule has 118 valence electrons. The molecule has 0 radical (unpaired) electrons. The fourth-order valence-corrected chi connectivity index (χ4v) is 2.60. The molecule has 1 unspecified atom stereocenters. The van der Waals surface area contributed by atoms with Gasteiger partial charge in [0, 0.05) is 12.2 Å². The number of carbonyl (C=O) groups is 1. The Morgan fingerprint density at radius 3 is 2.57 bits per heavy atom. The molecule has 1 saturated heterocycles. The van der Waals surface area contributed by atoms with Crippen LogP contribution in [-0.2, 0) is 4.79 Å². The first-order chi connectivity index (χ1) is 9.58. The van der Waals surface area contributed by atoms with Gasteiger partial charge in [-0.15, -0.1) is 12.4 Å². The van der Waals surface area contributed by atoms with Gasteiger partial charge in [0.15, 0.2) is 0 Å². The summed E-state index contributed by atoms with van der Waals surface area (Å²) in [6.45, 7) is 7.42. The van der Waals surface area contributed by atoms with E-state index in [-0.39, 0.29) is 18.3 Å². The van der Waals surface area contributed by atoms with E-state index in [1.807, 2.05) is 12.1 Å². The van der Waals surface area contributed by atoms with Gasteiger partial charge in [-0.2, -0.15) is 0 Å². The fourth-order valence-electron chi connectivity index (χ4n) is 2.60. The number of likely N-dealkylation sites (tertiary alicyclic amines) is 1. The molecule has 4 nitrogen and oxygen atoms in total. The van der Waals surface area contributed by atoms with Crippen LogP contribution in [0, 0.1) is 5.92 Å². The molecule has 1 fully saturated rings. The summed E-state index contributed by atoms with van der Waals surface area (Å²) in [5.74, 6) is 1.12. The van der Waals surface area contributed by atoms with E-state index in [0.717, 1.165) is 31.7 Å². The van der Waals surface area contributed by atoms with Gasteiger partial charge in [-0.05, 0) is 49.0 Å². The zero-order valence-electron chi connectivity index (χ0n) is 12.8. The Labute approximate surface area is 133 Å². The molecular weight excluding hydrogens is 286 g/mol. The van der Waals surface area contributed by atoms with E-state index in [4.69, 9.17) is 5.73 Å². The molecule has 1 aliphatic rings. The summed E-state index contributed by atoms with van der Waals surface area (Å²) in [5, 5.41) is 2.96. The van der Waals surface area contributed by atoms with E-state index in [1.165, 1.54) is 5.56 Å². The van der Waals surface area contributed by atoms with Crippen LogP contribution in [0.4, 0.5) is 5.69 Å². The van der Waals surface area contributed by atoms with Crippen molar-refractivity contribution >= 4 is 24.0 Å². The van der Waals surface area contributed by atoms with E-state index < -0.39 is 0 Å². The molecule has 5 heteroatoms. The number of halogens is 1. The molecule has 1 heterocycles. The number of nitrogens with two attached hydrogens (primary N) is 1. The second-order valence-corrected chi connectivity index (χ2v) is 5.95. The minimum atomic E-state index is 0. The number of nitrogens with zero attached hydrogens (tertiary/aromatic N) is 1. The van der Waals surface area contributed by atoms with E-state index in [1.54, 1.807) is 0 Å². The predicted octanol–water partition coefficient (Wildman–Crippen LogP) is 2.45. The van der Waals surface area contributed by atoms with Crippen molar-refractivity contribution in [1.29, 1.82) is 0 Å². The minimum Gasteiger partial charge on any atom is -0.330 e. The van der Waals surface area contributed by atoms with Crippen molar-refractivity contribution in [3.05, 3.63) is 29.8 Å². The zero-order chi connectivity index (χ0) is 14.5. The molecule has 1 aromatic carbocycles. The summed E-state index contributed by atoms with van der Waals surface area (Å²) in [6, 6.07) is 8.08. The van der Waals surface area contributed by atoms with Crippen molar-refractivity contribution in [2.45, 2.75) is 26.2 Å². The number of amides is 1. The Hall–Kier alpha value is -1.10. The summed E-state index contributed by atoms with van der Waals surface area (Å²) >= 11 is 0. The molecule has 1 aliphatic heterocycles. The average molecular weight is 312 g/mol. The largest absolute Gasteiger partial charge is 0.330 e. The van der Waals surface area contributed by atoms with Crippen molar-refractivity contribution in [2.24, 2.45) is 11.7 Å². The Balaban J connectivity index is 0.00000220. The van der Waals surface area contributed by atoms with Gasteiger partial charge < -0.3 is 11.1 Å². The molecular formula is C16H26ClN3O. The second-order valence-electron chi connectivity index (χ2n) is 5.95. The van der Waals surface area contributed by atoms with E-state index in [9.17, 15) is 4.79 Å². The van der Waals surface area contributed by atoms with Crippen LogP contribution < -0.4 is 11.1 Å². The maximum absolute atomic E-state index is 12.0. The van der Waals surface area contributed by atoms with Gasteiger partial charge >= 0.3 is 0 Å². The Morgan fingerprint density at radius 2 is 2.05 bits per heavy atom. The molecule has 1 aromatic rings. The number of anilines is 1. The zero-order valence-corrected chi connectivity index (χ0v) is 13.7. The number of carbonyl (C=O) groups excluding carboxylic acids is 1. The Morgan fingerprint density at radius 1 is 1.38 bits per heavy atom. The monoisotopic (exact) mass is 311 g/mol. The van der Waals surface area contributed by atoms with Gasteiger partial charge in [-0.3, -0.25) is 9.69 Å². The Bertz CT molecular complexity index is 447. The number of benzene rings is 1. The topological polar surface area (TPSA) is 58.4 Å². The highest BCUT2D eigenvalue weighted by molar-refractivity contribution is 5.92. The highest BCUT2D eigenvalue weighted by atomic mass is 35.5. The van der Waals surface area contributed by atoms with Gasteiger partial charge in [0.2, 0.25) is 5.91 Å². The first-order valence-electron chi connectivity index (χ1n) is 7.40. The lowest BCUT2D eigenvalue weighted by atomic mass is 10.0. The van der Waals surface area contributed by atoms with Crippen LogP contribution in [0.3, 0.4) is 0 Å². The molecule has 0 saturated carbocycles. The lowest BCUT2D eigenvalue weighted by Crippen LogP contribution is -2.32. The maximum Gasteiger partial charge on any atom is 0.238 e. The van der Waals surface area contributed by atoms with Crippen LogP contribution in [0.1, 0.15) is 31.7 Å². The summed E-state index contributed by atoms with van der Waals surface area (Å²) in [5.41, 5.74) is 7.82. The van der Waals surface area contributed by atoms with Gasteiger partial charge in [-0.25, -0.2) is 0 Å². The number of hydrogen-bond acceptors (Lipinski definition) is 3. The first-order valence-corrected chi connectivity index (χ1v) is 7.40. The van der Waals surface area contributed by atoms with Crippen molar-refractivity contribution in [1.82, 2.24) is 4.90 Å². The van der Waals surface area contributed by atoms with Crippen molar-refractivity contribution in [3.8, 4) is 0 Å². The highest BCUT2D eigenvalue weighted by Crippen LogP contribution is 2.18. The normalized spacial score (nSPS) is 18.6. The third-order valence-corrected chi connectivity index (χ3v) is 3.93. The second kappa shape index (κ2) is 8.37. The van der Waals surface area contributed by atoms with Gasteiger partial charge in [0.05, 0.1) is 6.54 Å². The molecule has 0 aliphatic carbocycles. The van der Waals surface area contributed by atoms with Crippen molar-refractivity contribution in [3.63, 3.8) is 0 Å². The molecule has 1 atom stereocenters. The summed E-state index contributed by atoms with van der Waals surface area (Å²) in [7, 11) is 0. The van der Waals surface area contributed by atoms with E-state index >= 15 is 0 Å². The van der Waals surface area contributed by atoms with Crippen LogP contribution in [0.2, 0.25) is 0 Å². The summed E-state index contributed by atoms with van der Waals surface area (Å²) < 4.78 is 0. The minimum absolute atomic E-state index is 0. The SMILES string of the molecule is CC(C)c1ccc(NC(=O)CN2CCC(CN)C2)cc1.Cl. The molecule has 3 N–H and O–H groups in total. The maximum atomic E-state index is 12.0. The molecule has 21 heavy (non-hydrogen) atoms. The third kappa shape index (κ3) is 5.30. The quantitative estimate of drug-likeness (QED) is 0.878. The van der Waals surface area contributed by atoms with Crippen LogP contribution in [-0.4, -0.2) is 37.0 Å². The molecule has 0 bridgehead atoms. The highest BCUT2D eigenvalue weighted by Gasteiger charge is 2.22. The summed E-state index contributed by atoms with van der Waals surface area (Å²) in [4.78, 5) is 14.2. The fraction of sp³-hybridized carbons (Fsp3) is 0.562. The van der Waals surface area contributed by atoms with Crippen LogP contribution in [0.15, 0.2) is 24.3 Å². The van der Waals surface area contributed by atoms with Crippen LogP contribution >= 0.6 is 12.4 Å². The van der Waals surface area contributed by atoms with Gasteiger partial charge in [0.25, 0.3) is 0 Å². The smallest absolute Gasteiger partial charge is 0.238 e. The molecule has 0 spiro atoms. The third-order valence-electron chi connectivity index (χ3n) is 3.93. The van der Waals surface area contributed by atoms with Crippen molar-refractivity contribution in [2.75, 3.05) is 31.5 Å². The lowest BCUT2D eigenvalue weighted by Gasteiger charge is -2.15. The standard InChI is InChI=1S/C16H25N3O.ClH/c1-12(2)14-3-5-15(6-4-14)18-16(20)11-19-8-7-13(9-17)10-19;/h3-6,12-13H,7-11,17H2,1-2H3,(H,18,20);1H. The molecule has 0 aromatic heterocycles. The number of nitrogens with one attached hydrogen (secondary N) is 1. The predicted molar refractivity (Wildman–Crippen MR) is 90.0 cm³/mol.